The summed E-state index contributed by atoms with van der Waals surface area (Å²) in [6.07, 6.45) is 2.02. The van der Waals surface area contributed by atoms with E-state index in [9.17, 15) is 0 Å². The highest BCUT2D eigenvalue weighted by atomic mass is 35.5. The summed E-state index contributed by atoms with van der Waals surface area (Å²) >= 11 is 5.59. The molecule has 66 valence electrons. The van der Waals surface area contributed by atoms with Crippen LogP contribution in [0.5, 0.6) is 0 Å². The third-order valence-electron chi connectivity index (χ3n) is 1.67. The smallest absolute Gasteiger partial charge is 0.0362 e. The predicted octanol–water partition coefficient (Wildman–Crippen LogP) is 1.87. The van der Waals surface area contributed by atoms with Crippen molar-refractivity contribution in [3.8, 4) is 0 Å². The lowest BCUT2D eigenvalue weighted by molar-refractivity contribution is 0.698. The lowest BCUT2D eigenvalue weighted by Crippen LogP contribution is -2.16. The van der Waals surface area contributed by atoms with Gasteiger partial charge in [-0.25, -0.2) is 0 Å². The topological polar surface area (TPSA) is 17.0 Å². The first-order chi connectivity index (χ1) is 5.70. The molecule has 1 N–H and O–H groups in total. The van der Waals surface area contributed by atoms with Gasteiger partial charge in [0.1, 0.15) is 0 Å². The van der Waals surface area contributed by atoms with Crippen LogP contribution in [0.15, 0.2) is 29.9 Å². The second-order valence-corrected chi connectivity index (χ2v) is 3.27. The van der Waals surface area contributed by atoms with Gasteiger partial charge in [0.05, 0.1) is 0 Å². The monoisotopic (exact) mass is 184 g/mol. The van der Waals surface area contributed by atoms with Crippen molar-refractivity contribution in [2.24, 2.45) is 7.05 Å². The van der Waals surface area contributed by atoms with Crippen LogP contribution in [0, 0.1) is 0 Å². The fourth-order valence-electron chi connectivity index (χ4n) is 1.01. The highest BCUT2D eigenvalue weighted by molar-refractivity contribution is 6.29. The van der Waals surface area contributed by atoms with E-state index in [1.807, 2.05) is 19.3 Å². The number of rotatable bonds is 4. The minimum atomic E-state index is 0.643. The van der Waals surface area contributed by atoms with Crippen LogP contribution >= 0.6 is 11.6 Å². The fourth-order valence-corrected chi connectivity index (χ4v) is 1.10. The Balaban J connectivity index is 2.33. The maximum Gasteiger partial charge on any atom is 0.0362 e. The average molecular weight is 185 g/mol. The van der Waals surface area contributed by atoms with Crippen molar-refractivity contribution in [1.82, 2.24) is 9.88 Å². The van der Waals surface area contributed by atoms with E-state index in [1.54, 1.807) is 0 Å². The summed E-state index contributed by atoms with van der Waals surface area (Å²) < 4.78 is 2.07. The highest BCUT2D eigenvalue weighted by Gasteiger charge is 1.95. The molecule has 12 heavy (non-hydrogen) atoms. The van der Waals surface area contributed by atoms with Gasteiger partial charge in [-0.1, -0.05) is 18.2 Å². The van der Waals surface area contributed by atoms with Crippen molar-refractivity contribution >= 4 is 11.6 Å². The van der Waals surface area contributed by atoms with Crippen LogP contribution in [-0.4, -0.2) is 11.1 Å². The van der Waals surface area contributed by atoms with Crippen LogP contribution in [0.25, 0.3) is 0 Å². The molecule has 1 aromatic heterocycles. The maximum atomic E-state index is 5.59. The number of aromatic nitrogens is 1. The van der Waals surface area contributed by atoms with Crippen molar-refractivity contribution in [3.63, 3.8) is 0 Å². The molecule has 0 atom stereocenters. The molecule has 0 unspecified atom stereocenters. The number of hydrogen-bond donors (Lipinski definition) is 1. The van der Waals surface area contributed by atoms with Crippen molar-refractivity contribution < 1.29 is 0 Å². The molecule has 0 fully saturated rings. The van der Waals surface area contributed by atoms with Crippen LogP contribution in [0.2, 0.25) is 0 Å². The number of hydrogen-bond acceptors (Lipinski definition) is 1. The molecule has 1 aromatic rings. The van der Waals surface area contributed by atoms with Crippen LogP contribution in [0.3, 0.4) is 0 Å². The zero-order valence-corrected chi connectivity index (χ0v) is 7.93. The summed E-state index contributed by atoms with van der Waals surface area (Å²) in [4.78, 5) is 0. The summed E-state index contributed by atoms with van der Waals surface area (Å²) in [5, 5.41) is 3.82. The van der Waals surface area contributed by atoms with Gasteiger partial charge in [0.25, 0.3) is 0 Å². The summed E-state index contributed by atoms with van der Waals surface area (Å²) in [6, 6.07) is 4.09. The molecular formula is C9H13ClN2. The van der Waals surface area contributed by atoms with Gasteiger partial charge in [-0.05, 0) is 12.1 Å². The number of aryl methyl sites for hydroxylation is 1. The first kappa shape index (κ1) is 9.36. The van der Waals surface area contributed by atoms with Crippen molar-refractivity contribution in [3.05, 3.63) is 35.6 Å². The summed E-state index contributed by atoms with van der Waals surface area (Å²) in [5.41, 5.74) is 1.24. The van der Waals surface area contributed by atoms with Gasteiger partial charge in [-0.3, -0.25) is 0 Å². The fraction of sp³-hybridized carbons (Fsp3) is 0.333. The van der Waals surface area contributed by atoms with E-state index >= 15 is 0 Å². The number of halogens is 1. The molecule has 0 amide bonds. The molecule has 2 nitrogen and oxygen atoms in total. The minimum Gasteiger partial charge on any atom is -0.353 e. The molecular weight excluding hydrogens is 172 g/mol. The van der Waals surface area contributed by atoms with Gasteiger partial charge in [-0.15, -0.1) is 0 Å². The quantitative estimate of drug-likeness (QED) is 0.756. The van der Waals surface area contributed by atoms with Gasteiger partial charge < -0.3 is 9.88 Å². The molecule has 0 aromatic carbocycles. The van der Waals surface area contributed by atoms with E-state index in [2.05, 4.69) is 22.5 Å². The number of nitrogens with zero attached hydrogens (tertiary/aromatic N) is 1. The lowest BCUT2D eigenvalue weighted by Gasteiger charge is -2.04. The summed E-state index contributed by atoms with van der Waals surface area (Å²) in [5.74, 6) is 0. The normalized spacial score (nSPS) is 10.2. The van der Waals surface area contributed by atoms with Crippen molar-refractivity contribution in [1.29, 1.82) is 0 Å². The van der Waals surface area contributed by atoms with Gasteiger partial charge in [0, 0.05) is 37.1 Å². The lowest BCUT2D eigenvalue weighted by atomic mass is 10.4. The van der Waals surface area contributed by atoms with E-state index in [1.165, 1.54) is 5.69 Å². The Bertz CT molecular complexity index is 265. The molecule has 0 radical (unpaired) electrons. The Kier molecular flexibility index (Phi) is 3.38. The Morgan fingerprint density at radius 3 is 3.00 bits per heavy atom. The molecule has 1 heterocycles. The predicted molar refractivity (Wildman–Crippen MR) is 52.1 cm³/mol. The molecule has 0 aliphatic heterocycles. The zero-order chi connectivity index (χ0) is 8.97. The van der Waals surface area contributed by atoms with Gasteiger partial charge >= 0.3 is 0 Å². The maximum absolute atomic E-state index is 5.59. The van der Waals surface area contributed by atoms with Crippen molar-refractivity contribution in [2.75, 3.05) is 6.54 Å². The SMILES string of the molecule is C=C(Cl)CNCc1cccn1C. The molecule has 0 bridgehead atoms. The zero-order valence-electron chi connectivity index (χ0n) is 7.18. The molecule has 0 aliphatic carbocycles. The summed E-state index contributed by atoms with van der Waals surface area (Å²) in [6.45, 7) is 5.08. The minimum absolute atomic E-state index is 0.643. The third-order valence-corrected chi connectivity index (χ3v) is 1.81. The van der Waals surface area contributed by atoms with E-state index < -0.39 is 0 Å². The average Bonchev–Trinajstić information content (AvgIpc) is 2.36. The van der Waals surface area contributed by atoms with Gasteiger partial charge in [0.2, 0.25) is 0 Å². The second-order valence-electron chi connectivity index (χ2n) is 2.73. The largest absolute Gasteiger partial charge is 0.353 e. The van der Waals surface area contributed by atoms with Crippen LogP contribution < -0.4 is 5.32 Å². The number of nitrogens with one attached hydrogen (secondary N) is 1. The van der Waals surface area contributed by atoms with Crippen LogP contribution in [0.4, 0.5) is 0 Å². The van der Waals surface area contributed by atoms with Crippen molar-refractivity contribution in [2.45, 2.75) is 6.54 Å². The Labute approximate surface area is 77.8 Å². The second kappa shape index (κ2) is 4.33. The van der Waals surface area contributed by atoms with Gasteiger partial charge in [0.15, 0.2) is 0 Å². The molecule has 0 spiro atoms. The van der Waals surface area contributed by atoms with E-state index in [0.717, 1.165) is 6.54 Å². The van der Waals surface area contributed by atoms with Crippen LogP contribution in [-0.2, 0) is 13.6 Å². The molecule has 0 saturated heterocycles. The van der Waals surface area contributed by atoms with E-state index in [-0.39, 0.29) is 0 Å². The first-order valence-electron chi connectivity index (χ1n) is 3.84. The Morgan fingerprint density at radius 1 is 1.75 bits per heavy atom. The molecule has 0 aliphatic rings. The van der Waals surface area contributed by atoms with Gasteiger partial charge in [-0.2, -0.15) is 0 Å². The van der Waals surface area contributed by atoms with E-state index in [0.29, 0.717) is 11.6 Å². The third kappa shape index (κ3) is 2.72. The van der Waals surface area contributed by atoms with E-state index in [4.69, 9.17) is 11.6 Å². The Hall–Kier alpha value is -0.730. The Morgan fingerprint density at radius 2 is 2.50 bits per heavy atom. The first-order valence-corrected chi connectivity index (χ1v) is 4.22. The standard InChI is InChI=1S/C9H13ClN2/c1-8(10)6-11-7-9-4-3-5-12(9)2/h3-5,11H,1,6-7H2,2H3. The molecule has 0 saturated carbocycles. The molecule has 3 heteroatoms. The van der Waals surface area contributed by atoms with Crippen LogP contribution in [0.1, 0.15) is 5.69 Å². The summed E-state index contributed by atoms with van der Waals surface area (Å²) in [7, 11) is 2.02. The molecule has 1 rings (SSSR count). The highest BCUT2D eigenvalue weighted by Crippen LogP contribution is 1.99.